The molecule has 1 rings (SSSR count). The maximum Gasteiger partial charge on any atom is 0.412 e. The monoisotopic (exact) mass is 209 g/mol. The molecule has 0 aliphatic rings. The van der Waals surface area contributed by atoms with Gasteiger partial charge in [-0.3, -0.25) is 5.32 Å². The van der Waals surface area contributed by atoms with Crippen LogP contribution in [0.15, 0.2) is 18.3 Å². The highest BCUT2D eigenvalue weighted by molar-refractivity contribution is 5.83. The summed E-state index contributed by atoms with van der Waals surface area (Å²) in [6.07, 6.45) is 2.21. The van der Waals surface area contributed by atoms with Gasteiger partial charge in [0.15, 0.2) is 0 Å². The first-order valence-corrected chi connectivity index (χ1v) is 4.81. The van der Waals surface area contributed by atoms with E-state index in [1.165, 1.54) is 7.11 Å². The molecule has 0 aliphatic heterocycles. The smallest absolute Gasteiger partial charge is 0.412 e. The number of hydrogen-bond donors (Lipinski definition) is 2. The lowest BCUT2D eigenvalue weighted by Crippen LogP contribution is -2.12. The van der Waals surface area contributed by atoms with Gasteiger partial charge in [0.05, 0.1) is 19.0 Å². The van der Waals surface area contributed by atoms with Gasteiger partial charge in [0.25, 0.3) is 0 Å². The molecule has 0 radical (unpaired) electrons. The standard InChI is InChI=1S/C10H15N3O2/c1-3-6-11-8-4-5-9(12-7-8)13-10(14)15-2/h4-5,7,11H,3,6H2,1-2H3,(H,12,13,14). The van der Waals surface area contributed by atoms with E-state index in [0.717, 1.165) is 18.7 Å². The largest absolute Gasteiger partial charge is 0.453 e. The fourth-order valence-electron chi connectivity index (χ4n) is 0.997. The van der Waals surface area contributed by atoms with Crippen molar-refractivity contribution in [1.29, 1.82) is 0 Å². The molecule has 0 spiro atoms. The highest BCUT2D eigenvalue weighted by atomic mass is 16.5. The SMILES string of the molecule is CCCNc1ccc(NC(=O)OC)nc1. The Morgan fingerprint density at radius 1 is 1.53 bits per heavy atom. The maximum atomic E-state index is 10.8. The molecule has 5 nitrogen and oxygen atoms in total. The Kier molecular flexibility index (Phi) is 4.40. The zero-order valence-corrected chi connectivity index (χ0v) is 8.91. The van der Waals surface area contributed by atoms with Crippen molar-refractivity contribution in [3.63, 3.8) is 0 Å². The Hall–Kier alpha value is -1.78. The van der Waals surface area contributed by atoms with Crippen LogP contribution in [0.2, 0.25) is 0 Å². The minimum absolute atomic E-state index is 0.476. The highest BCUT2D eigenvalue weighted by Gasteiger charge is 2.00. The van der Waals surface area contributed by atoms with Crippen molar-refractivity contribution < 1.29 is 9.53 Å². The summed E-state index contributed by atoms with van der Waals surface area (Å²) >= 11 is 0. The van der Waals surface area contributed by atoms with Crippen LogP contribution in [0.3, 0.4) is 0 Å². The summed E-state index contributed by atoms with van der Waals surface area (Å²) in [5, 5.41) is 5.66. The molecule has 5 heteroatoms. The van der Waals surface area contributed by atoms with Crippen molar-refractivity contribution >= 4 is 17.6 Å². The Morgan fingerprint density at radius 2 is 2.33 bits per heavy atom. The number of hydrogen-bond acceptors (Lipinski definition) is 4. The lowest BCUT2D eigenvalue weighted by Gasteiger charge is -2.05. The molecule has 0 unspecified atom stereocenters. The Labute approximate surface area is 88.9 Å². The van der Waals surface area contributed by atoms with Gasteiger partial charge in [0.2, 0.25) is 0 Å². The Balaban J connectivity index is 2.52. The number of ether oxygens (including phenoxy) is 1. The molecule has 0 aromatic carbocycles. The van der Waals surface area contributed by atoms with E-state index in [9.17, 15) is 4.79 Å². The van der Waals surface area contributed by atoms with Crippen LogP contribution >= 0.6 is 0 Å². The first-order chi connectivity index (χ1) is 7.26. The number of carbonyl (C=O) groups excluding carboxylic acids is 1. The minimum Gasteiger partial charge on any atom is -0.453 e. The summed E-state index contributed by atoms with van der Waals surface area (Å²) in [7, 11) is 1.31. The number of anilines is 2. The number of amides is 1. The van der Waals surface area contributed by atoms with Crippen molar-refractivity contribution in [2.24, 2.45) is 0 Å². The van der Waals surface area contributed by atoms with Crippen LogP contribution in [-0.2, 0) is 4.74 Å². The number of pyridine rings is 1. The van der Waals surface area contributed by atoms with Crippen molar-refractivity contribution in [2.75, 3.05) is 24.3 Å². The summed E-state index contributed by atoms with van der Waals surface area (Å²) < 4.78 is 4.44. The normalized spacial score (nSPS) is 9.47. The first-order valence-electron chi connectivity index (χ1n) is 4.81. The van der Waals surface area contributed by atoms with Crippen LogP contribution in [0.4, 0.5) is 16.3 Å². The Bertz CT molecular complexity index is 311. The van der Waals surface area contributed by atoms with E-state index in [-0.39, 0.29) is 0 Å². The van der Waals surface area contributed by atoms with E-state index >= 15 is 0 Å². The van der Waals surface area contributed by atoms with Crippen LogP contribution < -0.4 is 10.6 Å². The second-order valence-corrected chi connectivity index (χ2v) is 2.98. The van der Waals surface area contributed by atoms with Gasteiger partial charge in [0, 0.05) is 6.54 Å². The van der Waals surface area contributed by atoms with Gasteiger partial charge in [-0.2, -0.15) is 0 Å². The zero-order chi connectivity index (χ0) is 11.1. The van der Waals surface area contributed by atoms with E-state index in [1.807, 2.05) is 6.07 Å². The van der Waals surface area contributed by atoms with Gasteiger partial charge < -0.3 is 10.1 Å². The summed E-state index contributed by atoms with van der Waals surface area (Å²) in [4.78, 5) is 14.9. The van der Waals surface area contributed by atoms with Gasteiger partial charge in [0.1, 0.15) is 5.82 Å². The van der Waals surface area contributed by atoms with Gasteiger partial charge >= 0.3 is 6.09 Å². The quantitative estimate of drug-likeness (QED) is 0.796. The lowest BCUT2D eigenvalue weighted by atomic mass is 10.4. The average molecular weight is 209 g/mol. The van der Waals surface area contributed by atoms with Gasteiger partial charge in [-0.25, -0.2) is 9.78 Å². The molecule has 2 N–H and O–H groups in total. The number of rotatable bonds is 4. The average Bonchev–Trinajstić information content (AvgIpc) is 2.28. The van der Waals surface area contributed by atoms with Crippen LogP contribution in [0.25, 0.3) is 0 Å². The number of nitrogens with zero attached hydrogens (tertiary/aromatic N) is 1. The van der Waals surface area contributed by atoms with Gasteiger partial charge in [-0.05, 0) is 18.6 Å². The van der Waals surface area contributed by atoms with Crippen molar-refractivity contribution in [3.05, 3.63) is 18.3 Å². The molecule has 15 heavy (non-hydrogen) atoms. The van der Waals surface area contributed by atoms with Crippen LogP contribution in [0.1, 0.15) is 13.3 Å². The molecule has 1 heterocycles. The molecule has 0 saturated heterocycles. The molecule has 0 saturated carbocycles. The van der Waals surface area contributed by atoms with Crippen molar-refractivity contribution in [3.8, 4) is 0 Å². The fraction of sp³-hybridized carbons (Fsp3) is 0.400. The third-order valence-electron chi connectivity index (χ3n) is 1.76. The van der Waals surface area contributed by atoms with E-state index < -0.39 is 6.09 Å². The first kappa shape index (κ1) is 11.3. The molecule has 82 valence electrons. The second-order valence-electron chi connectivity index (χ2n) is 2.98. The molecule has 0 fully saturated rings. The van der Waals surface area contributed by atoms with Crippen molar-refractivity contribution in [2.45, 2.75) is 13.3 Å². The van der Waals surface area contributed by atoms with E-state index in [0.29, 0.717) is 5.82 Å². The van der Waals surface area contributed by atoms with Gasteiger partial charge in [-0.1, -0.05) is 6.92 Å². The molecule has 1 aromatic heterocycles. The summed E-state index contributed by atoms with van der Waals surface area (Å²) in [6, 6.07) is 3.57. The third-order valence-corrected chi connectivity index (χ3v) is 1.76. The van der Waals surface area contributed by atoms with E-state index in [1.54, 1.807) is 12.3 Å². The van der Waals surface area contributed by atoms with Crippen LogP contribution in [0.5, 0.6) is 0 Å². The number of nitrogens with one attached hydrogen (secondary N) is 2. The van der Waals surface area contributed by atoms with Crippen LogP contribution in [-0.4, -0.2) is 24.7 Å². The number of methoxy groups -OCH3 is 1. The van der Waals surface area contributed by atoms with Crippen molar-refractivity contribution in [1.82, 2.24) is 4.98 Å². The third kappa shape index (κ3) is 3.84. The Morgan fingerprint density at radius 3 is 2.87 bits per heavy atom. The molecule has 0 bridgehead atoms. The topological polar surface area (TPSA) is 63.2 Å². The summed E-state index contributed by atoms with van der Waals surface area (Å²) in [5.41, 5.74) is 0.937. The van der Waals surface area contributed by atoms with Crippen LogP contribution in [0, 0.1) is 0 Å². The van der Waals surface area contributed by atoms with E-state index in [4.69, 9.17) is 0 Å². The molecule has 0 atom stereocenters. The lowest BCUT2D eigenvalue weighted by molar-refractivity contribution is 0.187. The second kappa shape index (κ2) is 5.85. The number of carbonyl (C=O) groups is 1. The molecule has 0 aliphatic carbocycles. The zero-order valence-electron chi connectivity index (χ0n) is 8.91. The highest BCUT2D eigenvalue weighted by Crippen LogP contribution is 2.09. The van der Waals surface area contributed by atoms with E-state index in [2.05, 4.69) is 27.3 Å². The predicted molar refractivity (Wildman–Crippen MR) is 59.0 cm³/mol. The summed E-state index contributed by atoms with van der Waals surface area (Å²) in [6.45, 7) is 3.00. The summed E-state index contributed by atoms with van der Waals surface area (Å²) in [5.74, 6) is 0.476. The van der Waals surface area contributed by atoms with Gasteiger partial charge in [-0.15, -0.1) is 0 Å². The minimum atomic E-state index is -0.517. The molecule has 1 amide bonds. The maximum absolute atomic E-state index is 10.8. The molecular formula is C10H15N3O2. The number of aromatic nitrogens is 1. The predicted octanol–water partition coefficient (Wildman–Crippen LogP) is 2.08. The molecule has 1 aromatic rings. The fourth-order valence-corrected chi connectivity index (χ4v) is 0.997. The molecular weight excluding hydrogens is 194 g/mol.